The van der Waals surface area contributed by atoms with Gasteiger partial charge in [0.15, 0.2) is 5.69 Å². The van der Waals surface area contributed by atoms with Gasteiger partial charge in [0.2, 0.25) is 0 Å². The number of anilines is 1. The molecule has 1 aliphatic rings. The molecule has 0 fully saturated rings. The fraction of sp³-hybridized carbons (Fsp3) is 0.188. The van der Waals surface area contributed by atoms with E-state index < -0.39 is 11.8 Å². The van der Waals surface area contributed by atoms with Crippen LogP contribution in [-0.2, 0) is 7.05 Å². The first-order valence-corrected chi connectivity index (χ1v) is 7.31. The summed E-state index contributed by atoms with van der Waals surface area (Å²) in [4.78, 5) is 32.4. The Hall–Kier alpha value is -3.29. The smallest absolute Gasteiger partial charge is 0.274 e. The Morgan fingerprint density at radius 2 is 2.12 bits per heavy atom. The molecular formula is C16H16N6O2. The topological polar surface area (TPSA) is 115 Å². The Balaban J connectivity index is 1.85. The Morgan fingerprint density at radius 3 is 2.79 bits per heavy atom. The molecule has 8 heteroatoms. The molecule has 0 aliphatic carbocycles. The first kappa shape index (κ1) is 15.6. The summed E-state index contributed by atoms with van der Waals surface area (Å²) in [5, 5.41) is 6.54. The van der Waals surface area contributed by atoms with Gasteiger partial charge in [-0.05, 0) is 25.1 Å². The number of hydrogen-bond donors (Lipinski definition) is 2. The molecule has 0 radical (unpaired) electrons. The lowest BCUT2D eigenvalue weighted by atomic mass is 10.1. The molecule has 0 spiro atoms. The van der Waals surface area contributed by atoms with Crippen LogP contribution in [0.2, 0.25) is 0 Å². The number of carbonyl (C=O) groups is 2. The van der Waals surface area contributed by atoms with E-state index in [1.807, 2.05) is 19.1 Å². The van der Waals surface area contributed by atoms with Crippen molar-refractivity contribution in [3.8, 4) is 0 Å². The third kappa shape index (κ3) is 3.07. The monoisotopic (exact) mass is 324 g/mol. The number of aryl methyl sites for hydroxylation is 1. The number of aromatic nitrogens is 3. The zero-order valence-corrected chi connectivity index (χ0v) is 13.2. The molecule has 3 N–H and O–H groups in total. The van der Waals surface area contributed by atoms with Gasteiger partial charge in [0.1, 0.15) is 5.69 Å². The van der Waals surface area contributed by atoms with Crippen molar-refractivity contribution in [1.82, 2.24) is 14.8 Å². The predicted molar refractivity (Wildman–Crippen MR) is 89.8 cm³/mol. The molecule has 8 nitrogen and oxygen atoms in total. The molecule has 2 aromatic heterocycles. The van der Waals surface area contributed by atoms with Gasteiger partial charge in [-0.2, -0.15) is 5.10 Å². The molecule has 0 bridgehead atoms. The maximum Gasteiger partial charge on any atom is 0.274 e. The molecule has 0 saturated carbocycles. The number of aliphatic imine (C=N–C) groups is 1. The van der Waals surface area contributed by atoms with Crippen molar-refractivity contribution in [2.75, 3.05) is 5.32 Å². The average Bonchev–Trinajstić information content (AvgIpc) is 3.13. The van der Waals surface area contributed by atoms with Gasteiger partial charge in [0.05, 0.1) is 17.4 Å². The van der Waals surface area contributed by atoms with Crippen LogP contribution >= 0.6 is 0 Å². The minimum absolute atomic E-state index is 0.00136. The maximum absolute atomic E-state index is 12.4. The minimum atomic E-state index is -0.714. The molecule has 0 aromatic carbocycles. The molecule has 0 saturated heterocycles. The number of primary amides is 1. The van der Waals surface area contributed by atoms with E-state index in [0.29, 0.717) is 5.69 Å². The van der Waals surface area contributed by atoms with Gasteiger partial charge in [0.25, 0.3) is 11.8 Å². The first-order valence-electron chi connectivity index (χ1n) is 7.31. The van der Waals surface area contributed by atoms with Gasteiger partial charge < -0.3 is 11.1 Å². The summed E-state index contributed by atoms with van der Waals surface area (Å²) in [5.41, 5.74) is 7.27. The molecular weight excluding hydrogens is 308 g/mol. The predicted octanol–water partition coefficient (Wildman–Crippen LogP) is 1.02. The van der Waals surface area contributed by atoms with E-state index in [4.69, 9.17) is 5.73 Å². The van der Waals surface area contributed by atoms with E-state index >= 15 is 0 Å². The second-order valence-electron chi connectivity index (χ2n) is 5.43. The number of nitrogens with two attached hydrogens (primary N) is 1. The second kappa shape index (κ2) is 6.07. The van der Waals surface area contributed by atoms with Crippen LogP contribution in [0.3, 0.4) is 0 Å². The van der Waals surface area contributed by atoms with E-state index in [0.717, 1.165) is 5.57 Å². The van der Waals surface area contributed by atoms with Crippen LogP contribution in [0.4, 0.5) is 5.69 Å². The molecule has 1 unspecified atom stereocenters. The summed E-state index contributed by atoms with van der Waals surface area (Å²) >= 11 is 0. The average molecular weight is 324 g/mol. The van der Waals surface area contributed by atoms with Crippen LogP contribution in [0.1, 0.15) is 33.6 Å². The molecule has 1 atom stereocenters. The van der Waals surface area contributed by atoms with E-state index in [2.05, 4.69) is 20.4 Å². The standard InChI is InChI=1S/C16H16N6O2/c1-9-6-10(7-18-9)11-4-3-5-12(19-11)16(24)20-13-8-22(2)21-14(13)15(17)23/h3-9H,1-2H3,(H2,17,23)(H,20,24). The highest BCUT2D eigenvalue weighted by Crippen LogP contribution is 2.18. The zero-order valence-electron chi connectivity index (χ0n) is 13.2. The number of nitrogens with one attached hydrogen (secondary N) is 1. The first-order chi connectivity index (χ1) is 11.4. The number of allylic oxidation sites excluding steroid dienone is 1. The highest BCUT2D eigenvalue weighted by Gasteiger charge is 2.18. The minimum Gasteiger partial charge on any atom is -0.364 e. The summed E-state index contributed by atoms with van der Waals surface area (Å²) in [6.07, 6.45) is 5.22. The van der Waals surface area contributed by atoms with Gasteiger partial charge in [-0.25, -0.2) is 4.98 Å². The van der Waals surface area contributed by atoms with Crippen LogP contribution in [0, 0.1) is 0 Å². The zero-order chi connectivity index (χ0) is 17.3. The lowest BCUT2D eigenvalue weighted by Crippen LogP contribution is -2.18. The van der Waals surface area contributed by atoms with Gasteiger partial charge in [-0.1, -0.05) is 6.07 Å². The van der Waals surface area contributed by atoms with Crippen molar-refractivity contribution in [3.63, 3.8) is 0 Å². The Kier molecular flexibility index (Phi) is 3.95. The van der Waals surface area contributed by atoms with Crippen LogP contribution in [0.5, 0.6) is 0 Å². The number of amides is 2. The molecule has 24 heavy (non-hydrogen) atoms. The summed E-state index contributed by atoms with van der Waals surface area (Å²) in [6, 6.07) is 5.25. The lowest BCUT2D eigenvalue weighted by Gasteiger charge is -2.05. The molecule has 2 aromatic rings. The molecule has 3 heterocycles. The van der Waals surface area contributed by atoms with Crippen molar-refractivity contribution in [2.45, 2.75) is 13.0 Å². The fourth-order valence-corrected chi connectivity index (χ4v) is 2.37. The van der Waals surface area contributed by atoms with Crippen molar-refractivity contribution < 1.29 is 9.59 Å². The maximum atomic E-state index is 12.4. The van der Waals surface area contributed by atoms with Crippen molar-refractivity contribution in [3.05, 3.63) is 47.6 Å². The van der Waals surface area contributed by atoms with Gasteiger partial charge >= 0.3 is 0 Å². The Bertz CT molecular complexity index is 880. The highest BCUT2D eigenvalue weighted by molar-refractivity contribution is 6.12. The van der Waals surface area contributed by atoms with Crippen LogP contribution < -0.4 is 11.1 Å². The van der Waals surface area contributed by atoms with Gasteiger partial charge in [-0.3, -0.25) is 19.3 Å². The summed E-state index contributed by atoms with van der Waals surface area (Å²) < 4.78 is 1.40. The van der Waals surface area contributed by atoms with E-state index in [-0.39, 0.29) is 23.1 Å². The van der Waals surface area contributed by atoms with Crippen LogP contribution in [0.15, 0.2) is 35.5 Å². The van der Waals surface area contributed by atoms with Gasteiger partial charge in [-0.15, -0.1) is 0 Å². The summed E-state index contributed by atoms with van der Waals surface area (Å²) in [5.74, 6) is -1.16. The fourth-order valence-electron chi connectivity index (χ4n) is 2.37. The normalized spacial score (nSPS) is 16.1. The number of hydrogen-bond acceptors (Lipinski definition) is 5. The third-order valence-electron chi connectivity index (χ3n) is 3.46. The van der Waals surface area contributed by atoms with Crippen LogP contribution in [-0.4, -0.2) is 38.8 Å². The van der Waals surface area contributed by atoms with Crippen molar-refractivity contribution in [1.29, 1.82) is 0 Å². The second-order valence-corrected chi connectivity index (χ2v) is 5.43. The SMILES string of the molecule is CC1C=C(c2cccc(C(=O)Nc3cn(C)nc3C(N)=O)n2)C=N1. The van der Waals surface area contributed by atoms with Crippen molar-refractivity contribution in [2.24, 2.45) is 17.8 Å². The quantitative estimate of drug-likeness (QED) is 0.873. The van der Waals surface area contributed by atoms with E-state index in [9.17, 15) is 9.59 Å². The Morgan fingerprint density at radius 1 is 1.33 bits per heavy atom. The van der Waals surface area contributed by atoms with Gasteiger partial charge in [0, 0.05) is 25.0 Å². The van der Waals surface area contributed by atoms with Crippen LogP contribution in [0.25, 0.3) is 5.57 Å². The highest BCUT2D eigenvalue weighted by atomic mass is 16.2. The van der Waals surface area contributed by atoms with E-state index in [1.54, 1.807) is 25.4 Å². The number of pyridine rings is 1. The number of carbonyl (C=O) groups excluding carboxylic acids is 2. The summed E-state index contributed by atoms with van der Waals surface area (Å²) in [6.45, 7) is 1.97. The lowest BCUT2D eigenvalue weighted by molar-refractivity contribution is 0.0995. The largest absolute Gasteiger partial charge is 0.364 e. The van der Waals surface area contributed by atoms with Crippen molar-refractivity contribution >= 4 is 29.3 Å². The summed E-state index contributed by atoms with van der Waals surface area (Å²) in [7, 11) is 1.63. The molecule has 3 rings (SSSR count). The number of rotatable bonds is 4. The third-order valence-corrected chi connectivity index (χ3v) is 3.46. The number of nitrogens with zero attached hydrogens (tertiary/aromatic N) is 4. The molecule has 2 amide bonds. The molecule has 122 valence electrons. The molecule has 1 aliphatic heterocycles. The Labute approximate surface area is 138 Å². The van der Waals surface area contributed by atoms with E-state index in [1.165, 1.54) is 10.9 Å².